The number of aliphatic carboxylic acids is 2. The second-order valence-electron chi connectivity index (χ2n) is 6.65. The number of carbonyl (C=O) groups is 2. The molecule has 2 heterocycles. The smallest absolute Gasteiger partial charge is 0.335 e. The van der Waals surface area contributed by atoms with Gasteiger partial charge in [-0.05, 0) is 25.5 Å². The van der Waals surface area contributed by atoms with E-state index < -0.39 is 24.1 Å². The number of aliphatic hydroxyl groups is 2. The molecule has 0 spiro atoms. The van der Waals surface area contributed by atoms with E-state index in [2.05, 4.69) is 33.7 Å². The summed E-state index contributed by atoms with van der Waals surface area (Å²) in [5.74, 6) is -2.81. The molecule has 164 valence electrons. The Morgan fingerprint density at radius 2 is 1.83 bits per heavy atom. The van der Waals surface area contributed by atoms with Crippen LogP contribution >= 0.6 is 11.7 Å². The van der Waals surface area contributed by atoms with Gasteiger partial charge in [-0.3, -0.25) is 0 Å². The molecule has 10 nitrogen and oxygen atoms in total. The zero-order valence-electron chi connectivity index (χ0n) is 16.7. The van der Waals surface area contributed by atoms with Gasteiger partial charge in [0.15, 0.2) is 12.2 Å². The lowest BCUT2D eigenvalue weighted by molar-refractivity contribution is -0.165. The molecular formula is C18H29N3O7S. The standard InChI is InChI=1S/C14H23N3OS.C4H6O6/c1-3-4-5-6-10-18-14-13(15-19-16-14)12-8-7-9-17(2)11-12;5-1(3(7)8)2(6)4(9)10/h8H,3-7,9-11H2,1-2H3;1-2,5-6H,(H,7,8)(H,9,10)/t;1-,2-/m.1/s1. The Morgan fingerprint density at radius 1 is 1.17 bits per heavy atom. The van der Waals surface area contributed by atoms with Crippen LogP contribution in [0.1, 0.15) is 44.7 Å². The third-order valence-corrected chi connectivity index (χ3v) is 4.66. The normalized spacial score (nSPS) is 16.2. The number of aromatic nitrogens is 2. The first kappa shape index (κ1) is 25.0. The van der Waals surface area contributed by atoms with Crippen LogP contribution in [0, 0.1) is 0 Å². The second kappa shape index (κ2) is 13.2. The maximum atomic E-state index is 9.77. The Labute approximate surface area is 173 Å². The van der Waals surface area contributed by atoms with Crippen molar-refractivity contribution in [1.82, 2.24) is 13.6 Å². The fraction of sp³-hybridized carbons (Fsp3) is 0.667. The zero-order valence-corrected chi connectivity index (χ0v) is 17.5. The molecule has 0 aromatic carbocycles. The maximum Gasteiger partial charge on any atom is 0.335 e. The number of hydrogen-bond donors (Lipinski definition) is 4. The molecule has 2 rings (SSSR count). The summed E-state index contributed by atoms with van der Waals surface area (Å²) >= 11 is 1.25. The van der Waals surface area contributed by atoms with E-state index >= 15 is 0 Å². The van der Waals surface area contributed by atoms with Crippen LogP contribution in [0.3, 0.4) is 0 Å². The van der Waals surface area contributed by atoms with Gasteiger partial charge in [-0.1, -0.05) is 32.3 Å². The fourth-order valence-electron chi connectivity index (χ4n) is 2.50. The Hall–Kier alpha value is -2.08. The fourth-order valence-corrected chi connectivity index (χ4v) is 3.04. The maximum absolute atomic E-state index is 9.77. The van der Waals surface area contributed by atoms with E-state index in [-0.39, 0.29) is 0 Å². The van der Waals surface area contributed by atoms with Crippen LogP contribution < -0.4 is 4.74 Å². The molecule has 1 aliphatic heterocycles. The first-order valence-electron chi connectivity index (χ1n) is 9.42. The Kier molecular flexibility index (Phi) is 11.4. The quantitative estimate of drug-likeness (QED) is 0.396. The predicted octanol–water partition coefficient (Wildman–Crippen LogP) is 1.09. The van der Waals surface area contributed by atoms with Crippen molar-refractivity contribution in [2.24, 2.45) is 0 Å². The Balaban J connectivity index is 0.000000359. The highest BCUT2D eigenvalue weighted by molar-refractivity contribution is 6.99. The summed E-state index contributed by atoms with van der Waals surface area (Å²) in [5.41, 5.74) is 2.21. The Morgan fingerprint density at radius 3 is 2.38 bits per heavy atom. The van der Waals surface area contributed by atoms with Gasteiger partial charge < -0.3 is 30.1 Å². The summed E-state index contributed by atoms with van der Waals surface area (Å²) in [6.45, 7) is 5.03. The topological polar surface area (TPSA) is 153 Å². The van der Waals surface area contributed by atoms with Crippen molar-refractivity contribution in [3.05, 3.63) is 11.8 Å². The number of carboxylic acid groups (broad SMARTS) is 2. The van der Waals surface area contributed by atoms with E-state index in [1.54, 1.807) is 0 Å². The summed E-state index contributed by atoms with van der Waals surface area (Å²) in [7, 11) is 2.14. The van der Waals surface area contributed by atoms with Gasteiger partial charge in [-0.2, -0.15) is 4.37 Å². The van der Waals surface area contributed by atoms with Crippen LogP contribution in [0.4, 0.5) is 0 Å². The third-order valence-electron chi connectivity index (χ3n) is 4.15. The van der Waals surface area contributed by atoms with Gasteiger partial charge in [0.2, 0.25) is 0 Å². The zero-order chi connectivity index (χ0) is 21.8. The number of hydrogen-bond acceptors (Lipinski definition) is 9. The van der Waals surface area contributed by atoms with E-state index in [0.717, 1.165) is 44.1 Å². The molecule has 0 saturated carbocycles. The molecule has 2 atom stereocenters. The van der Waals surface area contributed by atoms with E-state index in [1.165, 1.54) is 36.6 Å². The molecular weight excluding hydrogens is 402 g/mol. The lowest BCUT2D eigenvalue weighted by atomic mass is 10.1. The Bertz CT molecular complexity index is 662. The van der Waals surface area contributed by atoms with Gasteiger partial charge in [0.25, 0.3) is 5.88 Å². The molecule has 0 saturated heterocycles. The molecule has 4 N–H and O–H groups in total. The minimum Gasteiger partial charge on any atom is -0.479 e. The first-order valence-corrected chi connectivity index (χ1v) is 10.2. The molecule has 0 bridgehead atoms. The predicted molar refractivity (Wildman–Crippen MR) is 107 cm³/mol. The van der Waals surface area contributed by atoms with Crippen molar-refractivity contribution < 1.29 is 34.8 Å². The van der Waals surface area contributed by atoms with Crippen LogP contribution in [-0.4, -0.2) is 85.0 Å². The minimum absolute atomic E-state index is 0.725. The molecule has 0 amide bonds. The van der Waals surface area contributed by atoms with Gasteiger partial charge in [-0.25, -0.2) is 9.59 Å². The first-order chi connectivity index (χ1) is 13.8. The van der Waals surface area contributed by atoms with Crippen molar-refractivity contribution in [3.8, 4) is 5.88 Å². The number of nitrogens with zero attached hydrogens (tertiary/aromatic N) is 3. The van der Waals surface area contributed by atoms with E-state index in [0.29, 0.717) is 0 Å². The lowest BCUT2D eigenvalue weighted by Crippen LogP contribution is -2.39. The van der Waals surface area contributed by atoms with Gasteiger partial charge in [-0.15, -0.1) is 4.37 Å². The number of ether oxygens (including phenoxy) is 1. The number of aliphatic hydroxyl groups excluding tert-OH is 2. The van der Waals surface area contributed by atoms with E-state index in [9.17, 15) is 9.59 Å². The molecule has 0 fully saturated rings. The van der Waals surface area contributed by atoms with E-state index in [1.807, 2.05) is 0 Å². The SMILES string of the molecule is CCCCCCOc1nsnc1C1=CCCN(C)C1.O=C(O)[C@H](O)[C@@H](O)C(=O)O. The number of carboxylic acids is 2. The largest absolute Gasteiger partial charge is 0.479 e. The molecule has 1 aromatic rings. The van der Waals surface area contributed by atoms with Crippen molar-refractivity contribution in [3.63, 3.8) is 0 Å². The van der Waals surface area contributed by atoms with Crippen LogP contribution in [0.15, 0.2) is 6.08 Å². The highest BCUT2D eigenvalue weighted by atomic mass is 32.1. The molecule has 1 aromatic heterocycles. The summed E-state index contributed by atoms with van der Waals surface area (Å²) in [5, 5.41) is 32.5. The molecule has 29 heavy (non-hydrogen) atoms. The van der Waals surface area contributed by atoms with Crippen molar-refractivity contribution in [1.29, 1.82) is 0 Å². The molecule has 1 aliphatic rings. The molecule has 11 heteroatoms. The van der Waals surface area contributed by atoms with Crippen molar-refractivity contribution >= 4 is 29.2 Å². The van der Waals surface area contributed by atoms with Crippen molar-refractivity contribution in [2.45, 2.75) is 51.2 Å². The number of unbranched alkanes of at least 4 members (excludes halogenated alkanes) is 3. The molecule has 0 radical (unpaired) electrons. The highest BCUT2D eigenvalue weighted by Crippen LogP contribution is 2.27. The van der Waals surface area contributed by atoms with Gasteiger partial charge in [0.05, 0.1) is 18.3 Å². The summed E-state index contributed by atoms with van der Waals surface area (Å²) in [6.07, 6.45) is 3.68. The minimum atomic E-state index is -2.27. The van der Waals surface area contributed by atoms with Crippen molar-refractivity contribution in [2.75, 3.05) is 26.7 Å². The van der Waals surface area contributed by atoms with Gasteiger partial charge in [0, 0.05) is 13.1 Å². The summed E-state index contributed by atoms with van der Waals surface area (Å²) in [6, 6.07) is 0. The van der Waals surface area contributed by atoms with Gasteiger partial charge in [0.1, 0.15) is 5.69 Å². The number of rotatable bonds is 10. The third kappa shape index (κ3) is 8.86. The van der Waals surface area contributed by atoms with Crippen LogP contribution in [0.5, 0.6) is 5.88 Å². The lowest BCUT2D eigenvalue weighted by Gasteiger charge is -2.22. The van der Waals surface area contributed by atoms with Gasteiger partial charge >= 0.3 is 11.9 Å². The average molecular weight is 432 g/mol. The van der Waals surface area contributed by atoms with E-state index in [4.69, 9.17) is 25.2 Å². The molecule has 0 unspecified atom stereocenters. The summed E-state index contributed by atoms with van der Waals surface area (Å²) in [4.78, 5) is 21.8. The summed E-state index contributed by atoms with van der Waals surface area (Å²) < 4.78 is 14.5. The monoisotopic (exact) mass is 431 g/mol. The number of likely N-dealkylation sites (N-methyl/N-ethyl adjacent to an activating group) is 1. The second-order valence-corrected chi connectivity index (χ2v) is 7.18. The highest BCUT2D eigenvalue weighted by Gasteiger charge is 2.29. The average Bonchev–Trinajstić information content (AvgIpc) is 3.15. The van der Waals surface area contributed by atoms with Crippen LogP contribution in [-0.2, 0) is 9.59 Å². The molecule has 0 aliphatic carbocycles. The van der Waals surface area contributed by atoms with Crippen LogP contribution in [0.2, 0.25) is 0 Å². The van der Waals surface area contributed by atoms with Crippen LogP contribution in [0.25, 0.3) is 5.57 Å².